The number of fused-ring (bicyclic) bond motifs is 2. The molecule has 3 aromatic carbocycles. The summed E-state index contributed by atoms with van der Waals surface area (Å²) in [4.78, 5) is 25.6. The Balaban J connectivity index is 1.81. The van der Waals surface area contributed by atoms with Crippen LogP contribution < -0.4 is 10.7 Å². The second-order valence-corrected chi connectivity index (χ2v) is 7.38. The van der Waals surface area contributed by atoms with Crippen molar-refractivity contribution in [2.75, 3.05) is 5.32 Å². The molecule has 0 aliphatic heterocycles. The number of carbonyl (C=O) groups excluding carboxylic acids is 1. The van der Waals surface area contributed by atoms with E-state index in [4.69, 9.17) is 11.6 Å². The largest absolute Gasteiger partial charge is 0.331 e. The van der Waals surface area contributed by atoms with E-state index in [-0.39, 0.29) is 17.9 Å². The average Bonchev–Trinajstić information content (AvgIpc) is 2.68. The van der Waals surface area contributed by atoms with Gasteiger partial charge >= 0.3 is 0 Å². The Bertz CT molecular complexity index is 1290. The number of aromatic nitrogens is 1. The fourth-order valence-corrected chi connectivity index (χ4v) is 3.60. The zero-order valence-electron chi connectivity index (χ0n) is 15.6. The number of nitrogens with zero attached hydrogens (tertiary/aromatic N) is 1. The van der Waals surface area contributed by atoms with Crippen LogP contribution in [-0.4, -0.2) is 10.5 Å². The van der Waals surface area contributed by atoms with Crippen molar-refractivity contribution in [2.45, 2.75) is 20.4 Å². The van der Waals surface area contributed by atoms with Gasteiger partial charge in [-0.1, -0.05) is 29.8 Å². The third-order valence-corrected chi connectivity index (χ3v) is 5.26. The molecule has 140 valence electrons. The summed E-state index contributed by atoms with van der Waals surface area (Å²) in [6.07, 6.45) is 0. The van der Waals surface area contributed by atoms with E-state index in [2.05, 4.69) is 5.32 Å². The van der Waals surface area contributed by atoms with Crippen LogP contribution in [-0.2, 0) is 11.3 Å². The lowest BCUT2D eigenvalue weighted by Crippen LogP contribution is -2.21. The van der Waals surface area contributed by atoms with E-state index < -0.39 is 0 Å². The topological polar surface area (TPSA) is 51.1 Å². The number of benzene rings is 3. The van der Waals surface area contributed by atoms with Crippen molar-refractivity contribution in [1.29, 1.82) is 0 Å². The molecule has 0 bridgehead atoms. The summed E-state index contributed by atoms with van der Waals surface area (Å²) in [6.45, 7) is 4.11. The molecule has 0 unspecified atom stereocenters. The fourth-order valence-electron chi connectivity index (χ4n) is 3.43. The first-order valence-electron chi connectivity index (χ1n) is 9.02. The normalized spacial score (nSPS) is 11.1. The van der Waals surface area contributed by atoms with E-state index >= 15 is 0 Å². The Hall–Kier alpha value is -3.11. The van der Waals surface area contributed by atoms with Gasteiger partial charge in [0.25, 0.3) is 0 Å². The molecule has 0 saturated carbocycles. The predicted octanol–water partition coefficient (Wildman–Crippen LogP) is 5.06. The minimum absolute atomic E-state index is 0.0620. The third kappa shape index (κ3) is 3.27. The molecule has 0 spiro atoms. The van der Waals surface area contributed by atoms with Crippen molar-refractivity contribution in [3.63, 3.8) is 0 Å². The number of rotatable bonds is 3. The van der Waals surface area contributed by atoms with Gasteiger partial charge in [0.1, 0.15) is 6.54 Å². The highest BCUT2D eigenvalue weighted by atomic mass is 35.5. The van der Waals surface area contributed by atoms with Crippen LogP contribution in [0.25, 0.3) is 21.8 Å². The zero-order valence-corrected chi connectivity index (χ0v) is 16.4. The molecule has 28 heavy (non-hydrogen) atoms. The van der Waals surface area contributed by atoms with E-state index in [0.29, 0.717) is 26.8 Å². The first kappa shape index (κ1) is 18.3. The molecule has 4 rings (SSSR count). The molecule has 1 heterocycles. The number of halogens is 1. The SMILES string of the molecule is Cc1ccc(NC(=O)Cn2c3ccccc3c(=O)c3ccc(Cl)cc32)cc1C. The minimum Gasteiger partial charge on any atom is -0.331 e. The van der Waals surface area contributed by atoms with Gasteiger partial charge < -0.3 is 9.88 Å². The first-order chi connectivity index (χ1) is 13.4. The summed E-state index contributed by atoms with van der Waals surface area (Å²) in [5.41, 5.74) is 4.33. The van der Waals surface area contributed by atoms with Crippen molar-refractivity contribution < 1.29 is 4.79 Å². The monoisotopic (exact) mass is 390 g/mol. The Morgan fingerprint density at radius 2 is 1.68 bits per heavy atom. The number of anilines is 1. The van der Waals surface area contributed by atoms with Crippen LogP contribution in [0.1, 0.15) is 11.1 Å². The smallest absolute Gasteiger partial charge is 0.244 e. The summed E-state index contributed by atoms with van der Waals surface area (Å²) in [6, 6.07) is 18.3. The highest BCUT2D eigenvalue weighted by Gasteiger charge is 2.14. The van der Waals surface area contributed by atoms with E-state index in [1.54, 1.807) is 24.3 Å². The molecule has 0 saturated heterocycles. The van der Waals surface area contributed by atoms with Crippen LogP contribution >= 0.6 is 11.6 Å². The third-order valence-electron chi connectivity index (χ3n) is 5.03. The van der Waals surface area contributed by atoms with Crippen LogP contribution in [0.5, 0.6) is 0 Å². The Kier molecular flexibility index (Phi) is 4.65. The lowest BCUT2D eigenvalue weighted by atomic mass is 10.1. The molecule has 1 N–H and O–H groups in total. The van der Waals surface area contributed by atoms with Crippen molar-refractivity contribution in [3.8, 4) is 0 Å². The summed E-state index contributed by atoms with van der Waals surface area (Å²) in [5, 5.41) is 4.59. The molecule has 4 aromatic rings. The molecule has 0 atom stereocenters. The summed E-state index contributed by atoms with van der Waals surface area (Å²) in [5.74, 6) is -0.168. The predicted molar refractivity (Wildman–Crippen MR) is 115 cm³/mol. The number of hydrogen-bond acceptors (Lipinski definition) is 2. The van der Waals surface area contributed by atoms with E-state index in [9.17, 15) is 9.59 Å². The van der Waals surface area contributed by atoms with E-state index in [0.717, 1.165) is 11.3 Å². The molecule has 1 amide bonds. The van der Waals surface area contributed by atoms with Crippen molar-refractivity contribution in [3.05, 3.63) is 87.0 Å². The van der Waals surface area contributed by atoms with Crippen LogP contribution in [0, 0.1) is 13.8 Å². The number of carbonyl (C=O) groups is 1. The fraction of sp³-hybridized carbons (Fsp3) is 0.130. The standard InChI is InChI=1S/C23H19ClN2O2/c1-14-7-9-17(11-15(14)2)25-22(27)13-26-20-6-4-3-5-18(20)23(28)19-10-8-16(24)12-21(19)26/h3-12H,13H2,1-2H3,(H,25,27). The summed E-state index contributed by atoms with van der Waals surface area (Å²) >= 11 is 6.18. The van der Waals surface area contributed by atoms with Crippen molar-refractivity contribution in [1.82, 2.24) is 4.57 Å². The first-order valence-corrected chi connectivity index (χ1v) is 9.40. The van der Waals surface area contributed by atoms with Gasteiger partial charge in [0.15, 0.2) is 5.43 Å². The summed E-state index contributed by atoms with van der Waals surface area (Å²) < 4.78 is 1.84. The lowest BCUT2D eigenvalue weighted by molar-refractivity contribution is -0.116. The Labute approximate surface area is 167 Å². The second-order valence-electron chi connectivity index (χ2n) is 6.94. The maximum Gasteiger partial charge on any atom is 0.244 e. The number of nitrogens with one attached hydrogen (secondary N) is 1. The minimum atomic E-state index is -0.168. The number of amides is 1. The molecule has 5 heteroatoms. The van der Waals surface area contributed by atoms with Gasteiger partial charge in [-0.3, -0.25) is 9.59 Å². The van der Waals surface area contributed by atoms with Gasteiger partial charge in [0.05, 0.1) is 11.0 Å². The highest BCUT2D eigenvalue weighted by molar-refractivity contribution is 6.31. The van der Waals surface area contributed by atoms with Crippen LogP contribution in [0.4, 0.5) is 5.69 Å². The maximum atomic E-state index is 12.8. The maximum absolute atomic E-state index is 12.8. The Morgan fingerprint density at radius 1 is 0.929 bits per heavy atom. The summed E-state index contributed by atoms with van der Waals surface area (Å²) in [7, 11) is 0. The van der Waals surface area contributed by atoms with Gasteiger partial charge in [-0.25, -0.2) is 0 Å². The van der Waals surface area contributed by atoms with Crippen LogP contribution in [0.2, 0.25) is 5.02 Å². The van der Waals surface area contributed by atoms with Crippen LogP contribution in [0.15, 0.2) is 65.5 Å². The molecule has 0 aliphatic carbocycles. The van der Waals surface area contributed by atoms with Crippen LogP contribution in [0.3, 0.4) is 0 Å². The number of aryl methyl sites for hydroxylation is 2. The van der Waals surface area contributed by atoms with Gasteiger partial charge in [0.2, 0.25) is 5.91 Å². The van der Waals surface area contributed by atoms with E-state index in [1.165, 1.54) is 5.56 Å². The van der Waals surface area contributed by atoms with Gasteiger partial charge in [-0.05, 0) is 67.4 Å². The molecule has 0 fully saturated rings. The zero-order chi connectivity index (χ0) is 19.8. The molecule has 1 aromatic heterocycles. The molecule has 4 nitrogen and oxygen atoms in total. The van der Waals surface area contributed by atoms with Gasteiger partial charge in [-0.15, -0.1) is 0 Å². The molecule has 0 radical (unpaired) electrons. The quantitative estimate of drug-likeness (QED) is 0.497. The van der Waals surface area contributed by atoms with Gasteiger partial charge in [-0.2, -0.15) is 0 Å². The highest BCUT2D eigenvalue weighted by Crippen LogP contribution is 2.23. The lowest BCUT2D eigenvalue weighted by Gasteiger charge is -2.15. The molecule has 0 aliphatic rings. The molecular formula is C23H19ClN2O2. The second kappa shape index (κ2) is 7.13. The van der Waals surface area contributed by atoms with Crippen molar-refractivity contribution >= 4 is 45.0 Å². The molecular weight excluding hydrogens is 372 g/mol. The Morgan fingerprint density at radius 3 is 2.46 bits per heavy atom. The van der Waals surface area contributed by atoms with Crippen molar-refractivity contribution in [2.24, 2.45) is 0 Å². The number of pyridine rings is 1. The van der Waals surface area contributed by atoms with E-state index in [1.807, 2.05) is 54.8 Å². The van der Waals surface area contributed by atoms with Gasteiger partial charge in [0, 0.05) is 21.5 Å². The number of para-hydroxylation sites is 1. The average molecular weight is 391 g/mol. The number of hydrogen-bond donors (Lipinski definition) is 1.